The number of nitrogens with zero attached hydrogens (tertiary/aromatic N) is 5. The molecule has 2 amide bonds. The Morgan fingerprint density at radius 1 is 1.24 bits per heavy atom. The number of hydrogen-bond acceptors (Lipinski definition) is 5. The number of carbonyl (C=O) groups is 1. The predicted molar refractivity (Wildman–Crippen MR) is 93.2 cm³/mol. The SMILES string of the molecule is Cn1cnc(-c2ccc(NC(=O)N3CCN4CCOC[C@H]4C3)cc2)n1. The Morgan fingerprint density at radius 3 is 2.84 bits per heavy atom. The number of rotatable bonds is 2. The zero-order chi connectivity index (χ0) is 17.2. The Labute approximate surface area is 146 Å². The summed E-state index contributed by atoms with van der Waals surface area (Å²) in [6.45, 7) is 4.82. The molecule has 3 heterocycles. The van der Waals surface area contributed by atoms with Gasteiger partial charge in [-0.3, -0.25) is 9.58 Å². The quantitative estimate of drug-likeness (QED) is 0.882. The van der Waals surface area contributed by atoms with E-state index in [0.29, 0.717) is 25.0 Å². The molecule has 0 aliphatic carbocycles. The zero-order valence-corrected chi connectivity index (χ0v) is 14.3. The second kappa shape index (κ2) is 6.81. The lowest BCUT2D eigenvalue weighted by Gasteiger charge is -2.43. The number of aromatic nitrogens is 3. The number of benzene rings is 1. The highest BCUT2D eigenvalue weighted by Crippen LogP contribution is 2.19. The number of piperazine rings is 1. The van der Waals surface area contributed by atoms with E-state index in [0.717, 1.165) is 37.5 Å². The van der Waals surface area contributed by atoms with Crippen molar-refractivity contribution < 1.29 is 9.53 Å². The lowest BCUT2D eigenvalue weighted by atomic mass is 10.1. The van der Waals surface area contributed by atoms with Gasteiger partial charge in [0.1, 0.15) is 6.33 Å². The predicted octanol–water partition coefficient (Wildman–Crippen LogP) is 1.03. The van der Waals surface area contributed by atoms with E-state index < -0.39 is 0 Å². The van der Waals surface area contributed by atoms with Crippen molar-refractivity contribution in [2.45, 2.75) is 6.04 Å². The minimum Gasteiger partial charge on any atom is -0.378 e. The third kappa shape index (κ3) is 3.49. The number of carbonyl (C=O) groups excluding carboxylic acids is 1. The molecule has 1 atom stereocenters. The van der Waals surface area contributed by atoms with Gasteiger partial charge >= 0.3 is 6.03 Å². The molecule has 1 aromatic carbocycles. The molecule has 2 saturated heterocycles. The zero-order valence-electron chi connectivity index (χ0n) is 14.3. The summed E-state index contributed by atoms with van der Waals surface area (Å²) in [7, 11) is 1.84. The van der Waals surface area contributed by atoms with Crippen LogP contribution in [0.25, 0.3) is 11.4 Å². The van der Waals surface area contributed by atoms with Crippen LogP contribution < -0.4 is 5.32 Å². The molecule has 1 N–H and O–H groups in total. The summed E-state index contributed by atoms with van der Waals surface area (Å²) < 4.78 is 7.19. The van der Waals surface area contributed by atoms with E-state index in [1.165, 1.54) is 0 Å². The van der Waals surface area contributed by atoms with Gasteiger partial charge < -0.3 is 15.0 Å². The molecule has 2 fully saturated rings. The topological polar surface area (TPSA) is 75.5 Å². The summed E-state index contributed by atoms with van der Waals surface area (Å²) in [5, 5.41) is 7.25. The van der Waals surface area contributed by atoms with Gasteiger partial charge in [0.05, 0.1) is 19.3 Å². The number of amides is 2. The maximum Gasteiger partial charge on any atom is 0.321 e. The molecular weight excluding hydrogens is 320 g/mol. The molecule has 2 aromatic rings. The van der Waals surface area contributed by atoms with Crippen LogP contribution in [-0.4, -0.2) is 76.0 Å². The number of morpholine rings is 1. The number of ether oxygens (including phenoxy) is 1. The Kier molecular flexibility index (Phi) is 4.37. The Hall–Kier alpha value is -2.45. The minimum absolute atomic E-state index is 0.0612. The smallest absolute Gasteiger partial charge is 0.321 e. The normalized spacial score (nSPS) is 21.0. The summed E-state index contributed by atoms with van der Waals surface area (Å²) >= 11 is 0. The van der Waals surface area contributed by atoms with Gasteiger partial charge in [-0.15, -0.1) is 0 Å². The number of fused-ring (bicyclic) bond motifs is 1. The number of urea groups is 1. The molecule has 0 bridgehead atoms. The van der Waals surface area contributed by atoms with Crippen LogP contribution in [-0.2, 0) is 11.8 Å². The maximum atomic E-state index is 12.5. The highest BCUT2D eigenvalue weighted by Gasteiger charge is 2.31. The Bertz CT molecular complexity index is 744. The summed E-state index contributed by atoms with van der Waals surface area (Å²) in [4.78, 5) is 21.0. The molecule has 25 heavy (non-hydrogen) atoms. The first kappa shape index (κ1) is 16.0. The summed E-state index contributed by atoms with van der Waals surface area (Å²) in [5.41, 5.74) is 1.69. The first-order valence-electron chi connectivity index (χ1n) is 8.53. The molecule has 0 spiro atoms. The third-order valence-electron chi connectivity index (χ3n) is 4.72. The van der Waals surface area contributed by atoms with Crippen LogP contribution in [0, 0.1) is 0 Å². The lowest BCUT2D eigenvalue weighted by Crippen LogP contribution is -2.59. The van der Waals surface area contributed by atoms with Gasteiger partial charge in [-0.2, -0.15) is 5.10 Å². The fraction of sp³-hybridized carbons (Fsp3) is 0.471. The fourth-order valence-corrected chi connectivity index (χ4v) is 3.31. The van der Waals surface area contributed by atoms with Crippen molar-refractivity contribution in [3.05, 3.63) is 30.6 Å². The van der Waals surface area contributed by atoms with Gasteiger partial charge in [-0.05, 0) is 24.3 Å². The fourth-order valence-electron chi connectivity index (χ4n) is 3.31. The van der Waals surface area contributed by atoms with Crippen molar-refractivity contribution in [3.63, 3.8) is 0 Å². The largest absolute Gasteiger partial charge is 0.378 e. The van der Waals surface area contributed by atoms with Gasteiger partial charge in [-0.1, -0.05) is 0 Å². The summed E-state index contributed by atoms with van der Waals surface area (Å²) in [5.74, 6) is 0.675. The second-order valence-electron chi connectivity index (χ2n) is 6.46. The van der Waals surface area contributed by atoms with Crippen LogP contribution in [0.3, 0.4) is 0 Å². The number of aryl methyl sites for hydroxylation is 1. The van der Waals surface area contributed by atoms with Crippen molar-refractivity contribution in [2.75, 3.05) is 44.7 Å². The average Bonchev–Trinajstić information content (AvgIpc) is 3.08. The molecule has 0 unspecified atom stereocenters. The third-order valence-corrected chi connectivity index (χ3v) is 4.72. The summed E-state index contributed by atoms with van der Waals surface area (Å²) in [6, 6.07) is 7.84. The van der Waals surface area contributed by atoms with Crippen molar-refractivity contribution in [1.29, 1.82) is 0 Å². The van der Waals surface area contributed by atoms with Gasteiger partial charge in [0.25, 0.3) is 0 Å². The first-order valence-corrected chi connectivity index (χ1v) is 8.53. The highest BCUT2D eigenvalue weighted by atomic mass is 16.5. The minimum atomic E-state index is -0.0612. The van der Waals surface area contributed by atoms with Crippen molar-refractivity contribution in [2.24, 2.45) is 7.05 Å². The Balaban J connectivity index is 1.37. The molecule has 0 radical (unpaired) electrons. The monoisotopic (exact) mass is 342 g/mol. The molecule has 2 aliphatic heterocycles. The molecule has 132 valence electrons. The lowest BCUT2D eigenvalue weighted by molar-refractivity contribution is -0.0355. The van der Waals surface area contributed by atoms with Gasteiger partial charge in [0.15, 0.2) is 5.82 Å². The van der Waals surface area contributed by atoms with Gasteiger partial charge in [0, 0.05) is 44.5 Å². The van der Waals surface area contributed by atoms with E-state index >= 15 is 0 Å². The first-order chi connectivity index (χ1) is 12.2. The van der Waals surface area contributed by atoms with Crippen LogP contribution in [0.1, 0.15) is 0 Å². The van der Waals surface area contributed by atoms with Crippen LogP contribution >= 0.6 is 0 Å². The van der Waals surface area contributed by atoms with Crippen LogP contribution in [0.5, 0.6) is 0 Å². The van der Waals surface area contributed by atoms with E-state index in [9.17, 15) is 4.79 Å². The Morgan fingerprint density at radius 2 is 2.08 bits per heavy atom. The molecule has 8 nitrogen and oxygen atoms in total. The number of nitrogens with one attached hydrogen (secondary N) is 1. The molecule has 0 saturated carbocycles. The standard InChI is InChI=1S/C17H22N6O2/c1-21-12-18-16(20-21)13-2-4-14(5-3-13)19-17(24)23-7-6-22-8-9-25-11-15(22)10-23/h2-5,12,15H,6-11H2,1H3,(H,19,24)/t15-/m1/s1. The molecule has 2 aliphatic rings. The van der Waals surface area contributed by atoms with E-state index in [1.807, 2.05) is 36.2 Å². The second-order valence-corrected chi connectivity index (χ2v) is 6.46. The number of anilines is 1. The van der Waals surface area contributed by atoms with Gasteiger partial charge in [-0.25, -0.2) is 9.78 Å². The summed E-state index contributed by atoms with van der Waals surface area (Å²) in [6.07, 6.45) is 1.67. The van der Waals surface area contributed by atoms with E-state index in [4.69, 9.17) is 4.74 Å². The van der Waals surface area contributed by atoms with E-state index in [1.54, 1.807) is 11.0 Å². The molecular formula is C17H22N6O2. The molecule has 4 rings (SSSR count). The molecule has 1 aromatic heterocycles. The average molecular weight is 342 g/mol. The maximum absolute atomic E-state index is 12.5. The van der Waals surface area contributed by atoms with Crippen molar-refractivity contribution in [1.82, 2.24) is 24.6 Å². The van der Waals surface area contributed by atoms with E-state index in [2.05, 4.69) is 20.3 Å². The van der Waals surface area contributed by atoms with Crippen molar-refractivity contribution in [3.8, 4) is 11.4 Å². The van der Waals surface area contributed by atoms with Crippen LogP contribution in [0.15, 0.2) is 30.6 Å². The van der Waals surface area contributed by atoms with E-state index in [-0.39, 0.29) is 6.03 Å². The van der Waals surface area contributed by atoms with Crippen molar-refractivity contribution >= 4 is 11.7 Å². The number of hydrogen-bond donors (Lipinski definition) is 1. The van der Waals surface area contributed by atoms with Crippen LogP contribution in [0.2, 0.25) is 0 Å². The molecule has 8 heteroatoms. The van der Waals surface area contributed by atoms with Gasteiger partial charge in [0.2, 0.25) is 0 Å². The highest BCUT2D eigenvalue weighted by molar-refractivity contribution is 5.89. The van der Waals surface area contributed by atoms with Crippen LogP contribution in [0.4, 0.5) is 10.5 Å².